The Balaban J connectivity index is 0.000000819. The predicted molar refractivity (Wildman–Crippen MR) is 91.2 cm³/mol. The van der Waals surface area contributed by atoms with Crippen LogP contribution < -0.4 is 0 Å². The fourth-order valence-electron chi connectivity index (χ4n) is 1.89. The van der Waals surface area contributed by atoms with E-state index in [1.807, 2.05) is 83.1 Å². The van der Waals surface area contributed by atoms with Gasteiger partial charge >= 0.3 is 0 Å². The second-order valence-electron chi connectivity index (χ2n) is 3.93. The molecule has 0 fully saturated rings. The number of hydrogen-bond donors (Lipinski definition) is 0. The van der Waals surface area contributed by atoms with Gasteiger partial charge in [0.25, 0.3) is 0 Å². The third-order valence-electron chi connectivity index (χ3n) is 2.74. The number of para-hydroxylation sites is 1. The molecule has 22 heavy (non-hydrogen) atoms. The van der Waals surface area contributed by atoms with E-state index in [1.54, 1.807) is 0 Å². The van der Waals surface area contributed by atoms with Crippen LogP contribution in [0, 0.1) is 13.0 Å². The molecule has 0 unspecified atom stereocenters. The van der Waals surface area contributed by atoms with Gasteiger partial charge < -0.3 is 0 Å². The van der Waals surface area contributed by atoms with Crippen LogP contribution in [-0.2, 0) is 20.1 Å². The van der Waals surface area contributed by atoms with Gasteiger partial charge in [-0.05, 0) is 13.0 Å². The van der Waals surface area contributed by atoms with E-state index < -0.39 is 0 Å². The first-order valence-electron chi connectivity index (χ1n) is 7.55. The molecular weight excluding hydrogens is 448 g/mol. The van der Waals surface area contributed by atoms with Gasteiger partial charge in [0.05, 0.1) is 11.3 Å². The largest absolute Gasteiger partial charge is 0.281 e. The second-order valence-corrected chi connectivity index (χ2v) is 3.93. The summed E-state index contributed by atoms with van der Waals surface area (Å²) in [5.74, 6) is 0.738. The van der Waals surface area contributed by atoms with Crippen molar-refractivity contribution in [3.63, 3.8) is 0 Å². The average Bonchev–Trinajstić information content (AvgIpc) is 2.59. The van der Waals surface area contributed by atoms with Crippen LogP contribution in [0.25, 0.3) is 22.3 Å². The van der Waals surface area contributed by atoms with Crippen LogP contribution in [0.3, 0.4) is 0 Å². The van der Waals surface area contributed by atoms with Gasteiger partial charge in [-0.25, -0.2) is 0 Å². The summed E-state index contributed by atoms with van der Waals surface area (Å²) in [6.45, 7) is 10.0. The summed E-state index contributed by atoms with van der Waals surface area (Å²) < 4.78 is 0. The predicted octanol–water partition coefficient (Wildman–Crippen LogP) is 5.46. The molecular formula is C19H23IrN2-. The summed E-state index contributed by atoms with van der Waals surface area (Å²) in [5.41, 5.74) is 2.91. The van der Waals surface area contributed by atoms with Crippen molar-refractivity contribution in [2.24, 2.45) is 0 Å². The Labute approximate surface area is 147 Å². The first-order chi connectivity index (χ1) is 10.3. The van der Waals surface area contributed by atoms with Crippen LogP contribution >= 0.6 is 0 Å². The van der Waals surface area contributed by atoms with Gasteiger partial charge in [0, 0.05) is 31.2 Å². The summed E-state index contributed by atoms with van der Waals surface area (Å²) in [4.78, 5) is 9.09. The molecule has 3 aromatic rings. The maximum absolute atomic E-state index is 4.56. The van der Waals surface area contributed by atoms with Crippen LogP contribution in [0.2, 0.25) is 0 Å². The normalized spacial score (nSPS) is 8.77. The van der Waals surface area contributed by atoms with E-state index in [0.717, 1.165) is 28.0 Å². The first kappa shape index (κ1) is 20.4. The number of rotatable bonds is 1. The summed E-state index contributed by atoms with van der Waals surface area (Å²) in [6.07, 6.45) is 0. The summed E-state index contributed by atoms with van der Waals surface area (Å²) in [7, 11) is 0. The number of aryl methyl sites for hydroxylation is 1. The molecule has 0 aliphatic carbocycles. The first-order valence-corrected chi connectivity index (χ1v) is 7.55. The van der Waals surface area contributed by atoms with E-state index in [1.165, 1.54) is 0 Å². The van der Waals surface area contributed by atoms with Gasteiger partial charge in [-0.1, -0.05) is 45.9 Å². The summed E-state index contributed by atoms with van der Waals surface area (Å²) >= 11 is 0. The fourth-order valence-corrected chi connectivity index (χ4v) is 1.89. The molecule has 0 aliphatic rings. The van der Waals surface area contributed by atoms with Crippen LogP contribution in [-0.4, -0.2) is 9.97 Å². The van der Waals surface area contributed by atoms with Gasteiger partial charge in [0.1, 0.15) is 0 Å². The van der Waals surface area contributed by atoms with Crippen LogP contribution in [0.4, 0.5) is 0 Å². The molecule has 1 aromatic heterocycles. The molecule has 2 nitrogen and oxygen atoms in total. The zero-order valence-electron chi connectivity index (χ0n) is 13.8. The summed E-state index contributed by atoms with van der Waals surface area (Å²) in [6, 6.07) is 19.0. The van der Waals surface area contributed by atoms with Crippen molar-refractivity contribution in [3.05, 3.63) is 60.3 Å². The van der Waals surface area contributed by atoms with Crippen molar-refractivity contribution < 1.29 is 20.1 Å². The Hall–Kier alpha value is -1.57. The monoisotopic (exact) mass is 472 g/mol. The van der Waals surface area contributed by atoms with Crippen molar-refractivity contribution in [2.75, 3.05) is 0 Å². The van der Waals surface area contributed by atoms with Gasteiger partial charge in [-0.15, -0.1) is 35.9 Å². The average molecular weight is 472 g/mol. The van der Waals surface area contributed by atoms with E-state index in [4.69, 9.17) is 0 Å². The van der Waals surface area contributed by atoms with Gasteiger partial charge in [-0.3, -0.25) is 9.97 Å². The third kappa shape index (κ3) is 5.01. The number of benzene rings is 2. The maximum Gasteiger partial charge on any atom is 0.0759 e. The minimum Gasteiger partial charge on any atom is -0.281 e. The van der Waals surface area contributed by atoms with Crippen molar-refractivity contribution in [1.82, 2.24) is 9.97 Å². The molecule has 1 radical (unpaired) electrons. The Bertz CT molecular complexity index is 667. The SMILES string of the molecule is CC.CC.Cc1nc(-c2[c-]cccc2)nc2ccccc12.[Ir]. The van der Waals surface area contributed by atoms with E-state index in [9.17, 15) is 0 Å². The molecule has 0 saturated carbocycles. The molecule has 2 aromatic carbocycles. The van der Waals surface area contributed by atoms with Gasteiger partial charge in [0.2, 0.25) is 0 Å². The molecule has 119 valence electrons. The minimum atomic E-state index is 0. The molecule has 0 N–H and O–H groups in total. The second kappa shape index (κ2) is 11.1. The molecule has 3 heteroatoms. The Morgan fingerprint density at radius 3 is 2.09 bits per heavy atom. The van der Waals surface area contributed by atoms with E-state index in [0.29, 0.717) is 0 Å². The van der Waals surface area contributed by atoms with Crippen LogP contribution in [0.1, 0.15) is 33.4 Å². The quantitative estimate of drug-likeness (QED) is 0.441. The summed E-state index contributed by atoms with van der Waals surface area (Å²) in [5, 5.41) is 1.10. The van der Waals surface area contributed by atoms with E-state index >= 15 is 0 Å². The fraction of sp³-hybridized carbons (Fsp3) is 0.263. The molecule has 0 saturated heterocycles. The maximum atomic E-state index is 4.56. The third-order valence-corrected chi connectivity index (χ3v) is 2.74. The molecule has 0 amide bonds. The smallest absolute Gasteiger partial charge is 0.0759 e. The van der Waals surface area contributed by atoms with E-state index in [-0.39, 0.29) is 20.1 Å². The number of nitrogens with zero attached hydrogens (tertiary/aromatic N) is 2. The molecule has 0 spiro atoms. The molecule has 0 atom stereocenters. The molecule has 0 bridgehead atoms. The van der Waals surface area contributed by atoms with E-state index in [2.05, 4.69) is 16.0 Å². The topological polar surface area (TPSA) is 25.8 Å². The zero-order chi connectivity index (χ0) is 15.7. The van der Waals surface area contributed by atoms with Crippen molar-refractivity contribution in [1.29, 1.82) is 0 Å². The molecule has 0 aliphatic heterocycles. The standard InChI is InChI=1S/C15H11N2.2C2H6.Ir/c1-11-13-9-5-6-10-14(13)17-15(16-11)12-7-3-2-4-8-12;2*1-2;/h2-7,9-10H,1H3;2*1-2H3;/q-1;;;. The Kier molecular flexibility index (Phi) is 10.3. The van der Waals surface area contributed by atoms with Gasteiger partial charge in [-0.2, -0.15) is 0 Å². The van der Waals surface area contributed by atoms with Crippen molar-refractivity contribution in [3.8, 4) is 11.4 Å². The molecule has 3 rings (SSSR count). The Morgan fingerprint density at radius 2 is 1.45 bits per heavy atom. The Morgan fingerprint density at radius 1 is 0.818 bits per heavy atom. The van der Waals surface area contributed by atoms with Crippen molar-refractivity contribution >= 4 is 10.9 Å². The van der Waals surface area contributed by atoms with Crippen LogP contribution in [0.15, 0.2) is 48.5 Å². The number of hydrogen-bond acceptors (Lipinski definition) is 2. The minimum absolute atomic E-state index is 0. The van der Waals surface area contributed by atoms with Gasteiger partial charge in [0.15, 0.2) is 0 Å². The molecule has 1 heterocycles. The zero-order valence-corrected chi connectivity index (χ0v) is 16.2. The number of fused-ring (bicyclic) bond motifs is 1. The number of aromatic nitrogens is 2. The van der Waals surface area contributed by atoms with Crippen LogP contribution in [0.5, 0.6) is 0 Å². The van der Waals surface area contributed by atoms with Crippen molar-refractivity contribution in [2.45, 2.75) is 34.6 Å².